The molecule has 0 aliphatic rings. The van der Waals surface area contributed by atoms with Crippen molar-refractivity contribution >= 4 is 23.2 Å². The van der Waals surface area contributed by atoms with Crippen molar-refractivity contribution in [3.8, 4) is 0 Å². The third-order valence-corrected chi connectivity index (χ3v) is 6.15. The number of likely N-dealkylation sites (N-methyl/N-ethyl adjacent to an activating group) is 2. The van der Waals surface area contributed by atoms with Crippen LogP contribution in [0.25, 0.3) is 0 Å². The van der Waals surface area contributed by atoms with Crippen LogP contribution in [0.3, 0.4) is 0 Å². The molecule has 0 saturated heterocycles. The van der Waals surface area contributed by atoms with E-state index in [-0.39, 0.29) is 11.8 Å². The van der Waals surface area contributed by atoms with Gasteiger partial charge in [0.25, 0.3) is 0 Å². The van der Waals surface area contributed by atoms with Crippen molar-refractivity contribution in [2.24, 2.45) is 0 Å². The summed E-state index contributed by atoms with van der Waals surface area (Å²) in [5.74, 6) is 0.0568. The van der Waals surface area contributed by atoms with Crippen molar-refractivity contribution in [2.75, 3.05) is 50.9 Å². The summed E-state index contributed by atoms with van der Waals surface area (Å²) in [6.07, 6.45) is 4.35. The highest BCUT2D eigenvalue weighted by molar-refractivity contribution is 5.94. The van der Waals surface area contributed by atoms with Gasteiger partial charge in [-0.1, -0.05) is 49.2 Å². The number of rotatable bonds is 13. The van der Waals surface area contributed by atoms with Gasteiger partial charge in [0.15, 0.2) is 0 Å². The average Bonchev–Trinajstić information content (AvgIpc) is 2.76. The molecule has 186 valence electrons. The van der Waals surface area contributed by atoms with Gasteiger partial charge in [-0.05, 0) is 90.0 Å². The number of para-hydroxylation sites is 2. The van der Waals surface area contributed by atoms with Crippen LogP contribution in [0.4, 0.5) is 11.4 Å². The first-order valence-corrected chi connectivity index (χ1v) is 12.3. The third-order valence-electron chi connectivity index (χ3n) is 6.15. The van der Waals surface area contributed by atoms with E-state index in [2.05, 4.69) is 20.4 Å². The van der Waals surface area contributed by atoms with E-state index in [4.69, 9.17) is 0 Å². The molecule has 0 heterocycles. The molecule has 0 spiro atoms. The number of hydrogen-bond donors (Lipinski definition) is 2. The molecule has 2 aromatic rings. The number of unbranched alkanes of at least 4 members (excludes halogenated alkanes) is 3. The fraction of sp³-hybridized carbons (Fsp3) is 0.500. The zero-order chi connectivity index (χ0) is 25.1. The number of carbonyl (C=O) groups is 2. The molecule has 2 rings (SSSR count). The second-order valence-corrected chi connectivity index (χ2v) is 9.52. The van der Waals surface area contributed by atoms with Crippen LogP contribution in [0, 0.1) is 27.7 Å². The van der Waals surface area contributed by atoms with E-state index < -0.39 is 0 Å². The van der Waals surface area contributed by atoms with E-state index >= 15 is 0 Å². The molecule has 6 nitrogen and oxygen atoms in total. The van der Waals surface area contributed by atoms with Gasteiger partial charge in [-0.25, -0.2) is 0 Å². The fourth-order valence-electron chi connectivity index (χ4n) is 4.15. The number of hydrogen-bond acceptors (Lipinski definition) is 4. The predicted molar refractivity (Wildman–Crippen MR) is 143 cm³/mol. The Morgan fingerprint density at radius 3 is 1.26 bits per heavy atom. The largest absolute Gasteiger partial charge is 0.324 e. The van der Waals surface area contributed by atoms with Gasteiger partial charge >= 0.3 is 0 Å². The number of aryl methyl sites for hydroxylation is 4. The van der Waals surface area contributed by atoms with Crippen LogP contribution in [0.5, 0.6) is 0 Å². The molecule has 2 amide bonds. The molecule has 34 heavy (non-hydrogen) atoms. The quantitative estimate of drug-likeness (QED) is 0.411. The highest BCUT2D eigenvalue weighted by atomic mass is 16.2. The topological polar surface area (TPSA) is 64.7 Å². The lowest BCUT2D eigenvalue weighted by Crippen LogP contribution is -2.31. The highest BCUT2D eigenvalue weighted by Crippen LogP contribution is 2.20. The second-order valence-electron chi connectivity index (χ2n) is 9.52. The molecule has 6 heteroatoms. The standard InChI is InChI=1S/C28H42N4O2/c1-21-13-11-14-22(2)27(21)29-25(33)19-31(5)17-9-7-8-10-18-32(6)20-26(34)30-28-23(3)15-12-16-24(28)4/h11-16H,7-10,17-20H2,1-6H3,(H,29,33)(H,30,34). The third kappa shape index (κ3) is 9.27. The highest BCUT2D eigenvalue weighted by Gasteiger charge is 2.11. The van der Waals surface area contributed by atoms with E-state index in [0.29, 0.717) is 13.1 Å². The number of benzene rings is 2. The van der Waals surface area contributed by atoms with Crippen LogP contribution in [0.1, 0.15) is 47.9 Å². The first-order chi connectivity index (χ1) is 16.2. The molecule has 0 aromatic heterocycles. The summed E-state index contributed by atoms with van der Waals surface area (Å²) in [6.45, 7) is 10.6. The lowest BCUT2D eigenvalue weighted by molar-refractivity contribution is -0.117. The Balaban J connectivity index is 1.57. The van der Waals surface area contributed by atoms with E-state index in [9.17, 15) is 9.59 Å². The molecular weight excluding hydrogens is 424 g/mol. The van der Waals surface area contributed by atoms with Gasteiger partial charge in [-0.15, -0.1) is 0 Å². The summed E-state index contributed by atoms with van der Waals surface area (Å²) in [7, 11) is 3.99. The maximum Gasteiger partial charge on any atom is 0.238 e. The van der Waals surface area contributed by atoms with Crippen LogP contribution in [-0.4, -0.2) is 61.9 Å². The Bertz CT molecular complexity index is 839. The lowest BCUT2D eigenvalue weighted by atomic mass is 10.1. The molecule has 2 N–H and O–H groups in total. The van der Waals surface area contributed by atoms with Gasteiger partial charge in [0.05, 0.1) is 13.1 Å². The van der Waals surface area contributed by atoms with Gasteiger partial charge in [0.1, 0.15) is 0 Å². The van der Waals surface area contributed by atoms with Crippen molar-refractivity contribution in [3.05, 3.63) is 58.7 Å². The number of nitrogens with one attached hydrogen (secondary N) is 2. The predicted octanol–water partition coefficient (Wildman–Crippen LogP) is 4.92. The molecule has 0 fully saturated rings. The Labute approximate surface area is 205 Å². The normalized spacial score (nSPS) is 11.2. The van der Waals surface area contributed by atoms with E-state index in [1.54, 1.807) is 0 Å². The summed E-state index contributed by atoms with van der Waals surface area (Å²) in [5, 5.41) is 6.10. The van der Waals surface area contributed by atoms with E-state index in [1.165, 1.54) is 0 Å². The van der Waals surface area contributed by atoms with Gasteiger partial charge in [-0.3, -0.25) is 19.4 Å². The van der Waals surface area contributed by atoms with Gasteiger partial charge in [0.2, 0.25) is 11.8 Å². The van der Waals surface area contributed by atoms with Crippen LogP contribution in [0.2, 0.25) is 0 Å². The zero-order valence-corrected chi connectivity index (χ0v) is 21.8. The molecule has 0 saturated carbocycles. The molecule has 0 unspecified atom stereocenters. The minimum absolute atomic E-state index is 0.0284. The Morgan fingerprint density at radius 1 is 0.618 bits per heavy atom. The van der Waals surface area contributed by atoms with Crippen molar-refractivity contribution in [1.82, 2.24) is 9.80 Å². The van der Waals surface area contributed by atoms with E-state index in [1.807, 2.05) is 78.2 Å². The number of amides is 2. The first-order valence-electron chi connectivity index (χ1n) is 12.3. The summed E-state index contributed by atoms with van der Waals surface area (Å²) in [4.78, 5) is 28.9. The maximum atomic E-state index is 12.4. The summed E-state index contributed by atoms with van der Waals surface area (Å²) < 4.78 is 0. The van der Waals surface area contributed by atoms with Crippen LogP contribution in [-0.2, 0) is 9.59 Å². The smallest absolute Gasteiger partial charge is 0.238 e. The number of anilines is 2. The number of nitrogens with zero attached hydrogens (tertiary/aromatic N) is 2. The SMILES string of the molecule is Cc1cccc(C)c1NC(=O)CN(C)CCCCCCN(C)CC(=O)Nc1c(C)cccc1C. The van der Waals surface area contributed by atoms with Gasteiger partial charge < -0.3 is 10.6 Å². The molecule has 2 aromatic carbocycles. The molecule has 0 atom stereocenters. The fourth-order valence-corrected chi connectivity index (χ4v) is 4.15. The summed E-state index contributed by atoms with van der Waals surface area (Å²) >= 11 is 0. The van der Waals surface area contributed by atoms with Crippen molar-refractivity contribution in [3.63, 3.8) is 0 Å². The van der Waals surface area contributed by atoms with Crippen LogP contribution in [0.15, 0.2) is 36.4 Å². The lowest BCUT2D eigenvalue weighted by Gasteiger charge is -2.19. The second kappa shape index (κ2) is 13.9. The molecule has 0 aliphatic heterocycles. The Hall–Kier alpha value is -2.70. The minimum atomic E-state index is 0.0284. The van der Waals surface area contributed by atoms with Crippen LogP contribution >= 0.6 is 0 Å². The Morgan fingerprint density at radius 2 is 0.941 bits per heavy atom. The maximum absolute atomic E-state index is 12.4. The Kier molecular flexibility index (Phi) is 11.2. The van der Waals surface area contributed by atoms with Crippen molar-refractivity contribution in [2.45, 2.75) is 53.4 Å². The van der Waals surface area contributed by atoms with Gasteiger partial charge in [0, 0.05) is 11.4 Å². The van der Waals surface area contributed by atoms with Crippen molar-refractivity contribution < 1.29 is 9.59 Å². The van der Waals surface area contributed by atoms with Crippen LogP contribution < -0.4 is 10.6 Å². The molecule has 0 radical (unpaired) electrons. The zero-order valence-electron chi connectivity index (χ0n) is 21.8. The molecule has 0 bridgehead atoms. The molecule has 0 aliphatic carbocycles. The average molecular weight is 467 g/mol. The summed E-state index contributed by atoms with van der Waals surface area (Å²) in [5.41, 5.74) is 6.19. The van der Waals surface area contributed by atoms with E-state index in [0.717, 1.165) is 72.4 Å². The minimum Gasteiger partial charge on any atom is -0.324 e. The number of carbonyl (C=O) groups excluding carboxylic acids is 2. The monoisotopic (exact) mass is 466 g/mol. The summed E-state index contributed by atoms with van der Waals surface area (Å²) in [6, 6.07) is 12.1. The first kappa shape index (κ1) is 27.5. The van der Waals surface area contributed by atoms with Crippen molar-refractivity contribution in [1.29, 1.82) is 0 Å². The molecular formula is C28H42N4O2. The van der Waals surface area contributed by atoms with Gasteiger partial charge in [-0.2, -0.15) is 0 Å².